The van der Waals surface area contributed by atoms with Crippen LogP contribution in [0.1, 0.15) is 23.6 Å². The lowest BCUT2D eigenvalue weighted by Gasteiger charge is -2.21. The van der Waals surface area contributed by atoms with Crippen LogP contribution in [0.25, 0.3) is 0 Å². The first-order chi connectivity index (χ1) is 12.2. The van der Waals surface area contributed by atoms with Gasteiger partial charge in [-0.2, -0.15) is 0 Å². The highest BCUT2D eigenvalue weighted by Crippen LogP contribution is 2.23. The highest BCUT2D eigenvalue weighted by atomic mass is 16.2. The summed E-state index contributed by atoms with van der Waals surface area (Å²) in [4.78, 5) is 16.7. The van der Waals surface area contributed by atoms with E-state index in [-0.39, 0.29) is 6.03 Å². The minimum Gasteiger partial charge on any atom is -0.373 e. The Bertz CT molecular complexity index is 771. The van der Waals surface area contributed by atoms with Gasteiger partial charge in [0.15, 0.2) is 0 Å². The fourth-order valence-electron chi connectivity index (χ4n) is 3.65. The smallest absolute Gasteiger partial charge is 0.317 e. The molecule has 25 heavy (non-hydrogen) atoms. The molecule has 2 aliphatic heterocycles. The van der Waals surface area contributed by atoms with E-state index in [1.54, 1.807) is 0 Å². The fourth-order valence-corrected chi connectivity index (χ4v) is 3.65. The summed E-state index contributed by atoms with van der Waals surface area (Å²) in [6.45, 7) is 3.79. The van der Waals surface area contributed by atoms with E-state index in [1.165, 1.54) is 11.3 Å². The molecule has 2 aromatic rings. The van der Waals surface area contributed by atoms with Crippen LogP contribution in [-0.2, 0) is 25.9 Å². The fraction of sp³-hybridized carbons (Fsp3) is 0.500. The minimum atomic E-state index is -0.00809. The molecule has 0 saturated heterocycles. The number of urea groups is 1. The van der Waals surface area contributed by atoms with E-state index in [1.807, 2.05) is 17.0 Å². The molecule has 0 bridgehead atoms. The van der Waals surface area contributed by atoms with Gasteiger partial charge in [-0.3, -0.25) is 0 Å². The van der Waals surface area contributed by atoms with Crippen molar-refractivity contribution in [3.05, 3.63) is 41.5 Å². The maximum absolute atomic E-state index is 12.6. The Hall–Kier alpha value is -2.57. The summed E-state index contributed by atoms with van der Waals surface area (Å²) in [6.07, 6.45) is 2.88. The van der Waals surface area contributed by atoms with Crippen LogP contribution in [0.2, 0.25) is 0 Å². The number of anilines is 1. The molecule has 0 radical (unpaired) electrons. The Morgan fingerprint density at radius 2 is 2.08 bits per heavy atom. The van der Waals surface area contributed by atoms with E-state index in [9.17, 15) is 4.79 Å². The zero-order chi connectivity index (χ0) is 17.2. The summed E-state index contributed by atoms with van der Waals surface area (Å²) in [5.41, 5.74) is 2.39. The second kappa shape index (κ2) is 6.74. The number of hydrogen-bond donors (Lipinski definition) is 1. The molecule has 1 N–H and O–H groups in total. The summed E-state index contributed by atoms with van der Waals surface area (Å²) in [5, 5.41) is 11.5. The number of benzene rings is 1. The molecule has 1 aromatic heterocycles. The van der Waals surface area contributed by atoms with Gasteiger partial charge in [0.25, 0.3) is 0 Å². The van der Waals surface area contributed by atoms with Crippen molar-refractivity contribution in [1.82, 2.24) is 25.0 Å². The van der Waals surface area contributed by atoms with Crippen LogP contribution in [0.4, 0.5) is 10.5 Å². The Kier molecular flexibility index (Phi) is 4.29. The van der Waals surface area contributed by atoms with Crippen molar-refractivity contribution in [2.24, 2.45) is 0 Å². The summed E-state index contributed by atoms with van der Waals surface area (Å²) in [6, 6.07) is 8.27. The van der Waals surface area contributed by atoms with E-state index in [4.69, 9.17) is 0 Å². The molecule has 7 nitrogen and oxygen atoms in total. The maximum Gasteiger partial charge on any atom is 0.317 e. The van der Waals surface area contributed by atoms with Gasteiger partial charge in [0.2, 0.25) is 0 Å². The number of carbonyl (C=O) groups is 1. The largest absolute Gasteiger partial charge is 0.373 e. The molecule has 0 unspecified atom stereocenters. The summed E-state index contributed by atoms with van der Waals surface area (Å²) in [7, 11) is 2.08. The first-order valence-corrected chi connectivity index (χ1v) is 8.95. The van der Waals surface area contributed by atoms with Crippen molar-refractivity contribution in [3.63, 3.8) is 0 Å². The Morgan fingerprint density at radius 1 is 1.20 bits per heavy atom. The van der Waals surface area contributed by atoms with E-state index in [2.05, 4.69) is 44.2 Å². The number of aromatic nitrogens is 3. The molecule has 1 aromatic carbocycles. The number of carbonyl (C=O) groups excluding carboxylic acids is 1. The van der Waals surface area contributed by atoms with Crippen molar-refractivity contribution in [2.75, 3.05) is 31.6 Å². The van der Waals surface area contributed by atoms with Crippen LogP contribution in [0.3, 0.4) is 0 Å². The number of nitrogens with one attached hydrogen (secondary N) is 1. The van der Waals surface area contributed by atoms with E-state index in [0.717, 1.165) is 50.5 Å². The third-order valence-corrected chi connectivity index (χ3v) is 5.07. The lowest BCUT2D eigenvalue weighted by Crippen LogP contribution is -2.42. The number of fused-ring (bicyclic) bond motifs is 2. The highest BCUT2D eigenvalue weighted by molar-refractivity contribution is 5.75. The number of para-hydroxylation sites is 1. The molecule has 2 aliphatic rings. The first-order valence-electron chi connectivity index (χ1n) is 8.95. The van der Waals surface area contributed by atoms with Crippen LogP contribution < -0.4 is 10.2 Å². The molecule has 0 saturated carbocycles. The van der Waals surface area contributed by atoms with Gasteiger partial charge >= 0.3 is 6.03 Å². The van der Waals surface area contributed by atoms with Gasteiger partial charge in [-0.15, -0.1) is 10.2 Å². The van der Waals surface area contributed by atoms with Crippen molar-refractivity contribution < 1.29 is 4.79 Å². The Balaban J connectivity index is 1.35. The van der Waals surface area contributed by atoms with Gasteiger partial charge in [0.1, 0.15) is 11.6 Å². The van der Waals surface area contributed by atoms with Crippen molar-refractivity contribution in [1.29, 1.82) is 0 Å². The zero-order valence-corrected chi connectivity index (χ0v) is 14.6. The number of rotatable bonds is 3. The molecular weight excluding hydrogens is 316 g/mol. The number of amides is 2. The molecule has 0 atom stereocenters. The van der Waals surface area contributed by atoms with Crippen LogP contribution in [0.5, 0.6) is 0 Å². The summed E-state index contributed by atoms with van der Waals surface area (Å²) >= 11 is 0. The third kappa shape index (κ3) is 3.18. The quantitative estimate of drug-likeness (QED) is 0.918. The SMILES string of the molecule is CN1CCN(C(=O)NCCc2nnc3n2CCC3)Cc2ccccc21. The standard InChI is InChI=1S/C18H24N6O/c1-22-11-12-23(13-14-5-2-3-6-15(14)22)18(25)19-9-8-17-21-20-16-7-4-10-24(16)17/h2-3,5-6H,4,7-13H2,1H3,(H,19,25). The number of aryl methyl sites for hydroxylation is 1. The van der Waals surface area contributed by atoms with Gasteiger partial charge in [0.05, 0.1) is 0 Å². The lowest BCUT2D eigenvalue weighted by atomic mass is 10.1. The van der Waals surface area contributed by atoms with Gasteiger partial charge in [0, 0.05) is 58.3 Å². The van der Waals surface area contributed by atoms with Gasteiger partial charge < -0.3 is 19.7 Å². The second-order valence-electron chi connectivity index (χ2n) is 6.74. The van der Waals surface area contributed by atoms with Crippen LogP contribution in [-0.4, -0.2) is 52.4 Å². The Morgan fingerprint density at radius 3 is 3.00 bits per heavy atom. The molecule has 3 heterocycles. The molecule has 2 amide bonds. The van der Waals surface area contributed by atoms with E-state index >= 15 is 0 Å². The van der Waals surface area contributed by atoms with Gasteiger partial charge in [-0.05, 0) is 18.1 Å². The first kappa shape index (κ1) is 15.9. The summed E-state index contributed by atoms with van der Waals surface area (Å²) in [5.74, 6) is 2.06. The monoisotopic (exact) mass is 340 g/mol. The highest BCUT2D eigenvalue weighted by Gasteiger charge is 2.21. The molecule has 0 aliphatic carbocycles. The molecule has 4 rings (SSSR count). The molecule has 132 valence electrons. The van der Waals surface area contributed by atoms with Crippen LogP contribution in [0, 0.1) is 0 Å². The minimum absolute atomic E-state index is 0.00809. The number of nitrogens with zero attached hydrogens (tertiary/aromatic N) is 5. The molecular formula is C18H24N6O. The summed E-state index contributed by atoms with van der Waals surface area (Å²) < 4.78 is 2.18. The van der Waals surface area contributed by atoms with Crippen molar-refractivity contribution >= 4 is 11.7 Å². The maximum atomic E-state index is 12.6. The molecule has 0 fully saturated rings. The van der Waals surface area contributed by atoms with Gasteiger partial charge in [-0.1, -0.05) is 18.2 Å². The van der Waals surface area contributed by atoms with Crippen molar-refractivity contribution in [3.8, 4) is 0 Å². The Labute approximate surface area is 147 Å². The van der Waals surface area contributed by atoms with Crippen LogP contribution >= 0.6 is 0 Å². The average molecular weight is 340 g/mol. The zero-order valence-electron chi connectivity index (χ0n) is 14.6. The third-order valence-electron chi connectivity index (χ3n) is 5.07. The normalized spacial score (nSPS) is 16.4. The van der Waals surface area contributed by atoms with E-state index < -0.39 is 0 Å². The second-order valence-corrected chi connectivity index (χ2v) is 6.74. The topological polar surface area (TPSA) is 66.3 Å². The van der Waals surface area contributed by atoms with E-state index in [0.29, 0.717) is 13.1 Å². The number of hydrogen-bond acceptors (Lipinski definition) is 4. The lowest BCUT2D eigenvalue weighted by molar-refractivity contribution is 0.198. The predicted molar refractivity (Wildman–Crippen MR) is 95.6 cm³/mol. The van der Waals surface area contributed by atoms with Crippen LogP contribution in [0.15, 0.2) is 24.3 Å². The number of likely N-dealkylation sites (N-methyl/N-ethyl adjacent to an activating group) is 1. The predicted octanol–water partition coefficient (Wildman–Crippen LogP) is 1.43. The molecule has 0 spiro atoms. The average Bonchev–Trinajstić information content (AvgIpc) is 3.19. The van der Waals surface area contributed by atoms with Crippen molar-refractivity contribution in [2.45, 2.75) is 32.4 Å². The van der Waals surface area contributed by atoms with Gasteiger partial charge in [-0.25, -0.2) is 4.79 Å². The molecule has 7 heteroatoms.